The summed E-state index contributed by atoms with van der Waals surface area (Å²) in [6.45, 7) is 10.3. The number of aliphatic hydroxyl groups is 1. The molecule has 1 heterocycles. The molecule has 178 valence electrons. The molecule has 11 heteroatoms. The maximum absolute atomic E-state index is 13.9. The van der Waals surface area contributed by atoms with Crippen LogP contribution >= 0.6 is 23.2 Å². The Labute approximate surface area is 202 Å². The van der Waals surface area contributed by atoms with Gasteiger partial charge in [0.1, 0.15) is 16.5 Å². The van der Waals surface area contributed by atoms with Crippen LogP contribution in [0.4, 0.5) is 10.1 Å². The molecule has 0 radical (unpaired) electrons. The van der Waals surface area contributed by atoms with E-state index in [9.17, 15) is 17.9 Å². The molecule has 0 amide bonds. The maximum Gasteiger partial charge on any atom is 0.244 e. The highest BCUT2D eigenvalue weighted by Crippen LogP contribution is 2.38. The van der Waals surface area contributed by atoms with Gasteiger partial charge in [0, 0.05) is 42.7 Å². The molecule has 7 nitrogen and oxygen atoms in total. The molecule has 2 aromatic carbocycles. The Balaban J connectivity index is 1.74. The molecule has 1 atom stereocenters. The van der Waals surface area contributed by atoms with Crippen molar-refractivity contribution in [3.8, 4) is 5.75 Å². The number of nitrogens with zero attached hydrogens (tertiary/aromatic N) is 2. The highest BCUT2D eigenvalue weighted by Gasteiger charge is 2.49. The molecule has 1 unspecified atom stereocenters. The quantitative estimate of drug-likeness (QED) is 0.467. The molecule has 1 fully saturated rings. The Hall–Kier alpha value is -1.93. The average Bonchev–Trinajstić information content (AvgIpc) is 2.74. The fourth-order valence-electron chi connectivity index (χ4n) is 3.50. The van der Waals surface area contributed by atoms with Crippen molar-refractivity contribution in [3.05, 3.63) is 63.7 Å². The van der Waals surface area contributed by atoms with E-state index in [0.29, 0.717) is 18.1 Å². The van der Waals surface area contributed by atoms with E-state index in [-0.39, 0.29) is 53.6 Å². The van der Waals surface area contributed by atoms with E-state index in [1.165, 1.54) is 34.6 Å². The summed E-state index contributed by atoms with van der Waals surface area (Å²) in [7, 11) is -3.84. The normalized spacial score (nSPS) is 16.6. The van der Waals surface area contributed by atoms with Crippen molar-refractivity contribution in [3.63, 3.8) is 0 Å². The van der Waals surface area contributed by atoms with Gasteiger partial charge in [0.25, 0.3) is 0 Å². The van der Waals surface area contributed by atoms with Crippen LogP contribution in [0, 0.1) is 23.7 Å². The number of halogens is 3. The number of hydrogen-bond acceptors (Lipinski definition) is 5. The molecule has 0 spiro atoms. The van der Waals surface area contributed by atoms with Gasteiger partial charge in [-0.15, -0.1) is 0 Å². The molecule has 0 aromatic heterocycles. The van der Waals surface area contributed by atoms with Gasteiger partial charge in [0.05, 0.1) is 18.2 Å². The van der Waals surface area contributed by atoms with E-state index >= 15 is 0 Å². The highest BCUT2D eigenvalue weighted by atomic mass is 35.5. The maximum atomic E-state index is 13.9. The molecule has 33 heavy (non-hydrogen) atoms. The van der Waals surface area contributed by atoms with Crippen molar-refractivity contribution >= 4 is 38.9 Å². The lowest BCUT2D eigenvalue weighted by molar-refractivity contribution is 0.0183. The van der Waals surface area contributed by atoms with Crippen LogP contribution in [0.1, 0.15) is 6.92 Å². The molecular formula is C22H24Cl2FN3O4S. The van der Waals surface area contributed by atoms with E-state index in [1.807, 2.05) is 6.92 Å². The van der Waals surface area contributed by atoms with Crippen molar-refractivity contribution in [2.45, 2.75) is 11.8 Å². The second-order valence-corrected chi connectivity index (χ2v) is 11.0. The van der Waals surface area contributed by atoms with Crippen molar-refractivity contribution in [1.29, 1.82) is 0 Å². The van der Waals surface area contributed by atoms with Crippen LogP contribution in [-0.4, -0.2) is 57.2 Å². The molecule has 0 bridgehead atoms. The Bertz CT molecular complexity index is 1150. The van der Waals surface area contributed by atoms with Crippen molar-refractivity contribution in [1.82, 2.24) is 9.62 Å². The van der Waals surface area contributed by atoms with Gasteiger partial charge in [0.15, 0.2) is 0 Å². The number of ether oxygens (including phenoxy) is 1. The summed E-state index contributed by atoms with van der Waals surface area (Å²) < 4.78 is 47.2. The summed E-state index contributed by atoms with van der Waals surface area (Å²) in [6, 6.07) is 8.21. The van der Waals surface area contributed by atoms with Crippen LogP contribution in [0.15, 0.2) is 41.3 Å². The summed E-state index contributed by atoms with van der Waals surface area (Å²) in [5.41, 5.74) is -0.673. The fourth-order valence-corrected chi connectivity index (χ4v) is 5.91. The van der Waals surface area contributed by atoms with Gasteiger partial charge < -0.3 is 15.2 Å². The SMILES string of the molecule is [C-]#[N+]c1ccc(OCC2(CNCC(C)CO)CN(S(=O)(=O)c3ccc(Cl)cc3Cl)C2)cc1F. The molecule has 1 aliphatic rings. The smallest absolute Gasteiger partial charge is 0.244 e. The first-order valence-electron chi connectivity index (χ1n) is 10.2. The van der Waals surface area contributed by atoms with Gasteiger partial charge >= 0.3 is 0 Å². The zero-order valence-electron chi connectivity index (χ0n) is 17.9. The predicted molar refractivity (Wildman–Crippen MR) is 125 cm³/mol. The number of aliphatic hydroxyl groups excluding tert-OH is 1. The first kappa shape index (κ1) is 25.7. The average molecular weight is 516 g/mol. The van der Waals surface area contributed by atoms with Gasteiger partial charge in [-0.1, -0.05) is 30.1 Å². The van der Waals surface area contributed by atoms with E-state index in [0.717, 1.165) is 6.07 Å². The summed E-state index contributed by atoms with van der Waals surface area (Å²) >= 11 is 12.0. The first-order chi connectivity index (χ1) is 15.6. The van der Waals surface area contributed by atoms with Gasteiger partial charge in [-0.05, 0) is 42.8 Å². The third-order valence-corrected chi connectivity index (χ3v) is 7.93. The molecule has 1 aliphatic heterocycles. The van der Waals surface area contributed by atoms with Crippen LogP contribution in [0.25, 0.3) is 4.85 Å². The molecule has 2 aromatic rings. The van der Waals surface area contributed by atoms with Gasteiger partial charge in [0.2, 0.25) is 15.7 Å². The van der Waals surface area contributed by atoms with Crippen LogP contribution < -0.4 is 10.1 Å². The van der Waals surface area contributed by atoms with Crippen molar-refractivity contribution < 1.29 is 22.7 Å². The van der Waals surface area contributed by atoms with Crippen LogP contribution in [0.3, 0.4) is 0 Å². The number of rotatable bonds is 10. The molecule has 3 rings (SSSR count). The Kier molecular flexibility index (Phi) is 8.22. The third-order valence-electron chi connectivity index (χ3n) is 5.42. The minimum atomic E-state index is -3.84. The minimum Gasteiger partial charge on any atom is -0.493 e. The summed E-state index contributed by atoms with van der Waals surface area (Å²) in [5.74, 6) is -0.391. The first-order valence-corrected chi connectivity index (χ1v) is 12.4. The van der Waals surface area contributed by atoms with Crippen LogP contribution in [-0.2, 0) is 10.0 Å². The Morgan fingerprint density at radius 2 is 2.03 bits per heavy atom. The van der Waals surface area contributed by atoms with Crippen LogP contribution in [0.5, 0.6) is 5.75 Å². The van der Waals surface area contributed by atoms with Gasteiger partial charge in [-0.25, -0.2) is 17.7 Å². The fraction of sp³-hybridized carbons (Fsp3) is 0.409. The van der Waals surface area contributed by atoms with E-state index < -0.39 is 21.3 Å². The largest absolute Gasteiger partial charge is 0.493 e. The lowest BCUT2D eigenvalue weighted by atomic mass is 9.82. The Morgan fingerprint density at radius 3 is 2.64 bits per heavy atom. The lowest BCUT2D eigenvalue weighted by Gasteiger charge is -2.49. The van der Waals surface area contributed by atoms with Crippen molar-refractivity contribution in [2.24, 2.45) is 11.3 Å². The zero-order valence-corrected chi connectivity index (χ0v) is 20.2. The molecule has 0 aliphatic carbocycles. The molecule has 0 saturated carbocycles. The number of sulfonamides is 1. The van der Waals surface area contributed by atoms with Gasteiger partial charge in [-0.2, -0.15) is 4.31 Å². The second-order valence-electron chi connectivity index (χ2n) is 8.28. The molecule has 2 N–H and O–H groups in total. The van der Waals surface area contributed by atoms with E-state index in [2.05, 4.69) is 10.2 Å². The number of benzene rings is 2. The minimum absolute atomic E-state index is 0.0262. The summed E-state index contributed by atoms with van der Waals surface area (Å²) in [5, 5.41) is 12.9. The van der Waals surface area contributed by atoms with E-state index in [4.69, 9.17) is 34.5 Å². The standard InChI is InChI=1S/C22H24Cl2FN3O4S/c1-15(10-29)9-27-11-22(14-32-17-4-5-20(26-2)19(25)8-17)12-28(13-22)33(30,31)21-6-3-16(23)7-18(21)24/h3-8,15,27,29H,9-14H2,1H3. The topological polar surface area (TPSA) is 83.2 Å². The zero-order chi connectivity index (χ0) is 24.2. The molecular weight excluding hydrogens is 492 g/mol. The number of nitrogens with one attached hydrogen (secondary N) is 1. The van der Waals surface area contributed by atoms with Gasteiger partial charge in [-0.3, -0.25) is 0 Å². The summed E-state index contributed by atoms with van der Waals surface area (Å²) in [6.07, 6.45) is 0. The molecule has 1 saturated heterocycles. The van der Waals surface area contributed by atoms with Crippen LogP contribution in [0.2, 0.25) is 10.0 Å². The Morgan fingerprint density at radius 1 is 1.30 bits per heavy atom. The monoisotopic (exact) mass is 515 g/mol. The van der Waals surface area contributed by atoms with E-state index in [1.54, 1.807) is 0 Å². The second kappa shape index (κ2) is 10.6. The predicted octanol–water partition coefficient (Wildman–Crippen LogP) is 3.97. The number of hydrogen-bond donors (Lipinski definition) is 2. The third kappa shape index (κ3) is 5.96. The lowest BCUT2D eigenvalue weighted by Crippen LogP contribution is -2.64. The highest BCUT2D eigenvalue weighted by molar-refractivity contribution is 7.89. The van der Waals surface area contributed by atoms with Crippen molar-refractivity contribution in [2.75, 3.05) is 39.4 Å². The summed E-state index contributed by atoms with van der Waals surface area (Å²) in [4.78, 5) is 3.06.